The second kappa shape index (κ2) is 6.90. The summed E-state index contributed by atoms with van der Waals surface area (Å²) in [5.74, 6) is -0.540. The van der Waals surface area contributed by atoms with Gasteiger partial charge in [0.25, 0.3) is 5.78 Å². The van der Waals surface area contributed by atoms with E-state index in [2.05, 4.69) is 4.98 Å². The van der Waals surface area contributed by atoms with Crippen LogP contribution < -0.4 is 9.80 Å². The van der Waals surface area contributed by atoms with E-state index in [1.54, 1.807) is 24.3 Å². The predicted molar refractivity (Wildman–Crippen MR) is 96.2 cm³/mol. The van der Waals surface area contributed by atoms with Crippen LogP contribution in [0.2, 0.25) is 0 Å². The van der Waals surface area contributed by atoms with Crippen molar-refractivity contribution in [3.8, 4) is 0 Å². The van der Waals surface area contributed by atoms with Gasteiger partial charge in [0, 0.05) is 32.4 Å². The summed E-state index contributed by atoms with van der Waals surface area (Å²) in [7, 11) is 0. The molecule has 4 rings (SSSR count). The summed E-state index contributed by atoms with van der Waals surface area (Å²) in [6.45, 7) is 2.63. The molecule has 0 atom stereocenters. The predicted octanol–water partition coefficient (Wildman–Crippen LogP) is 2.41. The fraction of sp³-hybridized carbons (Fsp3) is 0.316. The van der Waals surface area contributed by atoms with Crippen LogP contribution in [-0.4, -0.2) is 54.4 Å². The zero-order valence-corrected chi connectivity index (χ0v) is 14.8. The van der Waals surface area contributed by atoms with Crippen LogP contribution in [0.1, 0.15) is 15.9 Å². The fourth-order valence-corrected chi connectivity index (χ4v) is 3.45. The zero-order chi connectivity index (χ0) is 19.9. The number of carbonyl (C=O) groups is 2. The quantitative estimate of drug-likeness (QED) is 0.754. The van der Waals surface area contributed by atoms with E-state index < -0.39 is 23.4 Å². The number of amides is 1. The van der Waals surface area contributed by atoms with E-state index >= 15 is 0 Å². The summed E-state index contributed by atoms with van der Waals surface area (Å²) < 4.78 is 38.0. The number of piperazine rings is 1. The summed E-state index contributed by atoms with van der Waals surface area (Å²) in [5.41, 5.74) is 0.259. The van der Waals surface area contributed by atoms with Gasteiger partial charge in [-0.3, -0.25) is 19.4 Å². The van der Waals surface area contributed by atoms with Gasteiger partial charge in [0.1, 0.15) is 5.82 Å². The minimum atomic E-state index is -4.40. The highest BCUT2D eigenvalue weighted by Gasteiger charge is 2.36. The van der Waals surface area contributed by atoms with Crippen molar-refractivity contribution in [3.05, 3.63) is 53.7 Å². The lowest BCUT2D eigenvalue weighted by Crippen LogP contribution is -2.51. The normalized spacial score (nSPS) is 18.0. The van der Waals surface area contributed by atoms with Crippen molar-refractivity contribution in [1.82, 2.24) is 9.88 Å². The van der Waals surface area contributed by atoms with Crippen molar-refractivity contribution in [2.45, 2.75) is 6.18 Å². The molecular formula is C19H17F3N4O2. The van der Waals surface area contributed by atoms with Crippen molar-refractivity contribution < 1.29 is 22.8 Å². The molecule has 2 aromatic rings. The molecule has 2 aliphatic heterocycles. The molecule has 28 heavy (non-hydrogen) atoms. The lowest BCUT2D eigenvalue weighted by atomic mass is 10.1. The zero-order valence-electron chi connectivity index (χ0n) is 14.8. The number of anilines is 2. The standard InChI is InChI=1S/C19H17F3N4O2/c20-19(21,22)13-5-6-16(23-11-13)25-9-7-24(8-10-25)12-26-15-4-2-1-3-14(15)17(27)18(26)28/h1-6,11H,7-10,12H2. The number of alkyl halides is 3. The van der Waals surface area contributed by atoms with E-state index in [0.717, 1.165) is 12.3 Å². The van der Waals surface area contributed by atoms with Crippen LogP contribution in [0.5, 0.6) is 0 Å². The van der Waals surface area contributed by atoms with E-state index in [9.17, 15) is 22.8 Å². The summed E-state index contributed by atoms with van der Waals surface area (Å²) >= 11 is 0. The molecule has 0 spiro atoms. The molecule has 6 nitrogen and oxygen atoms in total. The van der Waals surface area contributed by atoms with Gasteiger partial charge in [0.15, 0.2) is 0 Å². The molecule has 9 heteroatoms. The SMILES string of the molecule is O=C1C(=O)N(CN2CCN(c3ccc(C(F)(F)F)cn3)CC2)c2ccccc21. The number of fused-ring (bicyclic) bond motifs is 1. The van der Waals surface area contributed by atoms with E-state index in [0.29, 0.717) is 49.9 Å². The first-order valence-electron chi connectivity index (χ1n) is 8.80. The third kappa shape index (κ3) is 3.33. The van der Waals surface area contributed by atoms with E-state index in [4.69, 9.17) is 0 Å². The average molecular weight is 390 g/mol. The maximum Gasteiger partial charge on any atom is 0.417 e. The van der Waals surface area contributed by atoms with E-state index in [-0.39, 0.29) is 0 Å². The van der Waals surface area contributed by atoms with Crippen LogP contribution in [0.15, 0.2) is 42.6 Å². The molecule has 3 heterocycles. The Balaban J connectivity index is 1.39. The molecule has 0 radical (unpaired) electrons. The molecule has 0 aliphatic carbocycles. The second-order valence-electron chi connectivity index (χ2n) is 6.73. The molecule has 2 aliphatic rings. The number of para-hydroxylation sites is 1. The number of ketones is 1. The average Bonchev–Trinajstić information content (AvgIpc) is 2.93. The topological polar surface area (TPSA) is 56.8 Å². The van der Waals surface area contributed by atoms with Crippen LogP contribution in [0.25, 0.3) is 0 Å². The molecule has 1 aromatic heterocycles. The first kappa shape index (κ1) is 18.4. The van der Waals surface area contributed by atoms with E-state index in [1.807, 2.05) is 9.80 Å². The van der Waals surface area contributed by atoms with Crippen molar-refractivity contribution in [1.29, 1.82) is 0 Å². The Labute approximate surface area is 159 Å². The number of halogens is 3. The van der Waals surface area contributed by atoms with Gasteiger partial charge in [0.05, 0.1) is 23.5 Å². The molecule has 0 unspecified atom stereocenters. The minimum Gasteiger partial charge on any atom is -0.354 e. The number of benzene rings is 1. The molecule has 146 valence electrons. The number of hydrogen-bond acceptors (Lipinski definition) is 5. The number of nitrogens with zero attached hydrogens (tertiary/aromatic N) is 4. The largest absolute Gasteiger partial charge is 0.417 e. The molecule has 0 N–H and O–H groups in total. The first-order valence-corrected chi connectivity index (χ1v) is 8.80. The van der Waals surface area contributed by atoms with Crippen LogP contribution in [0.4, 0.5) is 24.7 Å². The van der Waals surface area contributed by atoms with Crippen molar-refractivity contribution >= 4 is 23.2 Å². The monoisotopic (exact) mass is 390 g/mol. The number of Topliss-reactive ketones (excluding diaryl/α,β-unsaturated/α-hetero) is 1. The van der Waals surface area contributed by atoms with Crippen molar-refractivity contribution in [2.24, 2.45) is 0 Å². The Bertz CT molecular complexity index is 906. The Kier molecular flexibility index (Phi) is 4.54. The molecule has 1 aromatic carbocycles. The summed E-state index contributed by atoms with van der Waals surface area (Å²) in [4.78, 5) is 33.7. The molecule has 1 saturated heterocycles. The maximum absolute atomic E-state index is 12.7. The Morgan fingerprint density at radius 2 is 1.68 bits per heavy atom. The van der Waals surface area contributed by atoms with Crippen molar-refractivity contribution in [3.63, 3.8) is 0 Å². The lowest BCUT2D eigenvalue weighted by Gasteiger charge is -2.37. The van der Waals surface area contributed by atoms with Gasteiger partial charge in [0.2, 0.25) is 0 Å². The summed E-state index contributed by atoms with van der Waals surface area (Å²) in [6.07, 6.45) is -3.56. The highest BCUT2D eigenvalue weighted by molar-refractivity contribution is 6.52. The fourth-order valence-electron chi connectivity index (χ4n) is 3.45. The first-order chi connectivity index (χ1) is 13.3. The number of rotatable bonds is 3. The minimum absolute atomic E-state index is 0.301. The van der Waals surface area contributed by atoms with Crippen LogP contribution >= 0.6 is 0 Å². The number of pyridine rings is 1. The van der Waals surface area contributed by atoms with E-state index in [1.165, 1.54) is 11.0 Å². The second-order valence-corrected chi connectivity index (χ2v) is 6.73. The Morgan fingerprint density at radius 3 is 2.32 bits per heavy atom. The number of hydrogen-bond donors (Lipinski definition) is 0. The van der Waals surface area contributed by atoms with Crippen LogP contribution in [0, 0.1) is 0 Å². The lowest BCUT2D eigenvalue weighted by molar-refractivity contribution is -0.137. The molecule has 0 saturated carbocycles. The van der Waals surface area contributed by atoms with Gasteiger partial charge in [-0.05, 0) is 24.3 Å². The molecule has 0 bridgehead atoms. The molecule has 1 amide bonds. The highest BCUT2D eigenvalue weighted by Crippen LogP contribution is 2.30. The summed E-state index contributed by atoms with van der Waals surface area (Å²) in [6, 6.07) is 9.30. The van der Waals surface area contributed by atoms with Crippen molar-refractivity contribution in [2.75, 3.05) is 42.6 Å². The van der Waals surface area contributed by atoms with Gasteiger partial charge in [-0.15, -0.1) is 0 Å². The third-order valence-electron chi connectivity index (χ3n) is 4.99. The third-order valence-corrected chi connectivity index (χ3v) is 4.99. The van der Waals surface area contributed by atoms with Crippen LogP contribution in [-0.2, 0) is 11.0 Å². The Morgan fingerprint density at radius 1 is 0.964 bits per heavy atom. The van der Waals surface area contributed by atoms with Gasteiger partial charge < -0.3 is 4.90 Å². The maximum atomic E-state index is 12.7. The van der Waals surface area contributed by atoms with Gasteiger partial charge >= 0.3 is 12.1 Å². The smallest absolute Gasteiger partial charge is 0.354 e. The van der Waals surface area contributed by atoms with Gasteiger partial charge in [-0.1, -0.05) is 12.1 Å². The Hall–Kier alpha value is -2.94. The highest BCUT2D eigenvalue weighted by atomic mass is 19.4. The summed E-state index contributed by atoms with van der Waals surface area (Å²) in [5, 5.41) is 0. The number of carbonyl (C=O) groups excluding carboxylic acids is 2. The number of aromatic nitrogens is 1. The molecule has 1 fully saturated rings. The van der Waals surface area contributed by atoms with Gasteiger partial charge in [-0.25, -0.2) is 4.98 Å². The van der Waals surface area contributed by atoms with Gasteiger partial charge in [-0.2, -0.15) is 13.2 Å². The van der Waals surface area contributed by atoms with Crippen LogP contribution in [0.3, 0.4) is 0 Å². The molecular weight excluding hydrogens is 373 g/mol.